The monoisotopic (exact) mass is 364 g/mol. The second-order valence-electron chi connectivity index (χ2n) is 9.58. The van der Waals surface area contributed by atoms with E-state index in [2.05, 4.69) is 30.2 Å². The lowest BCUT2D eigenvalue weighted by molar-refractivity contribution is 0.403. The Morgan fingerprint density at radius 2 is 1.56 bits per heavy atom. The molecule has 2 nitrogen and oxygen atoms in total. The van der Waals surface area contributed by atoms with Crippen molar-refractivity contribution in [3.63, 3.8) is 0 Å². The zero-order valence-electron chi connectivity index (χ0n) is 17.3. The zero-order chi connectivity index (χ0) is 18.5. The van der Waals surface area contributed by atoms with Gasteiger partial charge in [0.25, 0.3) is 0 Å². The van der Waals surface area contributed by atoms with Crippen LogP contribution in [0.5, 0.6) is 0 Å². The van der Waals surface area contributed by atoms with E-state index in [1.807, 2.05) is 0 Å². The highest BCUT2D eigenvalue weighted by Crippen LogP contribution is 2.32. The molecular formula is C24H37BN2. The molecule has 0 saturated heterocycles. The fourth-order valence-electron chi connectivity index (χ4n) is 5.52. The molecule has 2 fully saturated rings. The van der Waals surface area contributed by atoms with Gasteiger partial charge in [0, 0.05) is 6.20 Å². The molecule has 2 heterocycles. The highest BCUT2D eigenvalue weighted by molar-refractivity contribution is 6.54. The van der Waals surface area contributed by atoms with E-state index in [1.54, 1.807) is 0 Å². The molecule has 2 aromatic rings. The molecule has 0 amide bonds. The summed E-state index contributed by atoms with van der Waals surface area (Å²) < 4.78 is 0. The molecule has 3 heteroatoms. The molecule has 2 aliphatic rings. The van der Waals surface area contributed by atoms with E-state index in [1.165, 1.54) is 113 Å². The second-order valence-corrected chi connectivity index (χ2v) is 9.58. The maximum absolute atomic E-state index is 4.84. The van der Waals surface area contributed by atoms with E-state index < -0.39 is 0 Å². The molecule has 146 valence electrons. The number of aromatic nitrogens is 2. The first-order valence-corrected chi connectivity index (χ1v) is 11.8. The van der Waals surface area contributed by atoms with Crippen molar-refractivity contribution in [2.45, 2.75) is 102 Å². The van der Waals surface area contributed by atoms with Gasteiger partial charge in [-0.05, 0) is 48.0 Å². The fourth-order valence-corrected chi connectivity index (χ4v) is 5.52. The number of pyridine rings is 1. The first-order chi connectivity index (χ1) is 13.3. The molecule has 2 saturated carbocycles. The molecule has 4 rings (SSSR count). The predicted octanol–water partition coefficient (Wildman–Crippen LogP) is 6.23. The molecule has 1 N–H and O–H groups in total. The number of aromatic amines is 1. The van der Waals surface area contributed by atoms with Crippen molar-refractivity contribution in [3.05, 3.63) is 23.9 Å². The lowest BCUT2D eigenvalue weighted by Gasteiger charge is -2.21. The molecule has 0 aliphatic heterocycles. The fraction of sp³-hybridized carbons (Fsp3) is 0.708. The number of rotatable bonds is 3. The first kappa shape index (κ1) is 19.1. The normalized spacial score (nSPS) is 26.1. The summed E-state index contributed by atoms with van der Waals surface area (Å²) in [5.74, 6) is 2.52. The standard InChI is InChI=1S/C24H37BN2/c1-18-9-7-13-21(14-8-10-18)25-24-16-22-23(27-24)15-20(17-26-22)19-11-5-3-2-4-6-12-19/h15-19,21,25,27H,2-14H2,1H3. The summed E-state index contributed by atoms with van der Waals surface area (Å²) in [6, 6.07) is 4.73. The molecule has 0 unspecified atom stereocenters. The van der Waals surface area contributed by atoms with Crippen LogP contribution >= 0.6 is 0 Å². The van der Waals surface area contributed by atoms with Gasteiger partial charge in [0.1, 0.15) is 0 Å². The molecule has 0 bridgehead atoms. The van der Waals surface area contributed by atoms with Gasteiger partial charge in [-0.25, -0.2) is 0 Å². The first-order valence-electron chi connectivity index (χ1n) is 11.8. The summed E-state index contributed by atoms with van der Waals surface area (Å²) in [5, 5.41) is 0. The van der Waals surface area contributed by atoms with Crippen LogP contribution in [0.4, 0.5) is 0 Å². The summed E-state index contributed by atoms with van der Waals surface area (Å²) in [6.07, 6.45) is 20.4. The van der Waals surface area contributed by atoms with Crippen LogP contribution in [0.1, 0.15) is 102 Å². The summed E-state index contributed by atoms with van der Waals surface area (Å²) >= 11 is 0. The molecule has 2 aromatic heterocycles. The Morgan fingerprint density at radius 1 is 0.852 bits per heavy atom. The molecule has 0 spiro atoms. The summed E-state index contributed by atoms with van der Waals surface area (Å²) in [6.45, 7) is 2.43. The van der Waals surface area contributed by atoms with E-state index in [-0.39, 0.29) is 0 Å². The van der Waals surface area contributed by atoms with Crippen molar-refractivity contribution >= 4 is 23.9 Å². The van der Waals surface area contributed by atoms with Crippen LogP contribution in [0.2, 0.25) is 5.82 Å². The second kappa shape index (κ2) is 9.30. The van der Waals surface area contributed by atoms with Gasteiger partial charge >= 0.3 is 0 Å². The number of nitrogens with zero attached hydrogens (tertiary/aromatic N) is 1. The lowest BCUT2D eigenvalue weighted by Crippen LogP contribution is -2.21. The molecule has 2 aliphatic carbocycles. The third-order valence-corrected chi connectivity index (χ3v) is 7.25. The van der Waals surface area contributed by atoms with Crippen molar-refractivity contribution < 1.29 is 0 Å². The van der Waals surface area contributed by atoms with Crippen LogP contribution in [0.25, 0.3) is 11.0 Å². The van der Waals surface area contributed by atoms with Crippen molar-refractivity contribution in [2.24, 2.45) is 5.92 Å². The average Bonchev–Trinajstić information content (AvgIpc) is 3.01. The molecule has 0 atom stereocenters. The summed E-state index contributed by atoms with van der Waals surface area (Å²) in [4.78, 5) is 8.57. The van der Waals surface area contributed by atoms with Crippen molar-refractivity contribution in [3.8, 4) is 0 Å². The maximum atomic E-state index is 4.84. The Balaban J connectivity index is 1.44. The zero-order valence-corrected chi connectivity index (χ0v) is 17.3. The lowest BCUT2D eigenvalue weighted by atomic mass is 9.57. The predicted molar refractivity (Wildman–Crippen MR) is 119 cm³/mol. The van der Waals surface area contributed by atoms with Crippen LogP contribution < -0.4 is 5.59 Å². The van der Waals surface area contributed by atoms with E-state index in [4.69, 9.17) is 4.98 Å². The molecule has 0 aromatic carbocycles. The topological polar surface area (TPSA) is 28.7 Å². The Kier molecular flexibility index (Phi) is 6.58. The van der Waals surface area contributed by atoms with Crippen LogP contribution in [0.15, 0.2) is 18.3 Å². The largest absolute Gasteiger partial charge is 0.366 e. The van der Waals surface area contributed by atoms with Gasteiger partial charge in [-0.3, -0.25) is 4.98 Å². The van der Waals surface area contributed by atoms with Crippen molar-refractivity contribution in [1.82, 2.24) is 9.97 Å². The summed E-state index contributed by atoms with van der Waals surface area (Å²) in [7, 11) is 1.21. The maximum Gasteiger partial charge on any atom is 0.182 e. The van der Waals surface area contributed by atoms with Crippen LogP contribution in [-0.2, 0) is 0 Å². The molecule has 27 heavy (non-hydrogen) atoms. The van der Waals surface area contributed by atoms with E-state index >= 15 is 0 Å². The van der Waals surface area contributed by atoms with Crippen molar-refractivity contribution in [1.29, 1.82) is 0 Å². The van der Waals surface area contributed by atoms with Crippen LogP contribution in [0.3, 0.4) is 0 Å². The third-order valence-electron chi connectivity index (χ3n) is 7.25. The van der Waals surface area contributed by atoms with E-state index in [0.717, 1.165) is 17.7 Å². The van der Waals surface area contributed by atoms with Gasteiger partial charge < -0.3 is 4.98 Å². The smallest absolute Gasteiger partial charge is 0.182 e. The quantitative estimate of drug-likeness (QED) is 0.643. The minimum Gasteiger partial charge on any atom is -0.366 e. The average molecular weight is 364 g/mol. The van der Waals surface area contributed by atoms with Gasteiger partial charge in [-0.1, -0.05) is 83.4 Å². The number of H-pyrrole nitrogens is 1. The van der Waals surface area contributed by atoms with Gasteiger partial charge in [-0.15, -0.1) is 0 Å². The third kappa shape index (κ3) is 5.18. The minimum atomic E-state index is 0.724. The Labute approximate surface area is 166 Å². The van der Waals surface area contributed by atoms with Crippen molar-refractivity contribution in [2.75, 3.05) is 0 Å². The number of hydrogen-bond acceptors (Lipinski definition) is 1. The van der Waals surface area contributed by atoms with Gasteiger partial charge in [0.15, 0.2) is 7.28 Å². The number of hydrogen-bond donors (Lipinski definition) is 1. The Morgan fingerprint density at radius 3 is 2.30 bits per heavy atom. The van der Waals surface area contributed by atoms with E-state index in [9.17, 15) is 0 Å². The van der Waals surface area contributed by atoms with Crippen LogP contribution in [-0.4, -0.2) is 17.2 Å². The SMILES string of the molecule is CC1CCCC(Bc2cc3ncc(C4CCCCCCC4)cc3[nH]2)CCC1. The number of nitrogens with one attached hydrogen (secondary N) is 1. The van der Waals surface area contributed by atoms with Crippen LogP contribution in [0, 0.1) is 5.92 Å². The molecule has 0 radical (unpaired) electrons. The van der Waals surface area contributed by atoms with Gasteiger partial charge in [0.05, 0.1) is 11.0 Å². The number of fused-ring (bicyclic) bond motifs is 1. The highest BCUT2D eigenvalue weighted by Gasteiger charge is 2.18. The Bertz CT molecular complexity index is 704. The van der Waals surface area contributed by atoms with Gasteiger partial charge in [-0.2, -0.15) is 0 Å². The minimum absolute atomic E-state index is 0.724. The summed E-state index contributed by atoms with van der Waals surface area (Å²) in [5.41, 5.74) is 5.31. The van der Waals surface area contributed by atoms with E-state index in [0.29, 0.717) is 0 Å². The molecular weight excluding hydrogens is 327 g/mol. The highest BCUT2D eigenvalue weighted by atomic mass is 14.8. The van der Waals surface area contributed by atoms with Gasteiger partial charge in [0.2, 0.25) is 0 Å². The Hall–Kier alpha value is -1.25.